The number of aliphatic hydroxyl groups is 1. The highest BCUT2D eigenvalue weighted by molar-refractivity contribution is 6.31. The van der Waals surface area contributed by atoms with Crippen LogP contribution in [0.4, 0.5) is 19.1 Å². The second-order valence-corrected chi connectivity index (χ2v) is 5.85. The zero-order valence-electron chi connectivity index (χ0n) is 12.3. The minimum Gasteiger partial charge on any atom is -0.378 e. The van der Waals surface area contributed by atoms with Crippen molar-refractivity contribution >= 4 is 17.5 Å². The van der Waals surface area contributed by atoms with Gasteiger partial charge in [0.25, 0.3) is 0 Å². The van der Waals surface area contributed by atoms with Gasteiger partial charge in [0.2, 0.25) is 5.95 Å². The number of anilines is 1. The lowest BCUT2D eigenvalue weighted by Crippen LogP contribution is -2.26. The maximum absolute atomic E-state index is 12.8. The normalized spacial score (nSPS) is 18.3. The molecule has 0 radical (unpaired) electrons. The summed E-state index contributed by atoms with van der Waals surface area (Å²) < 4.78 is 38.3. The third kappa shape index (κ3) is 4.01. The summed E-state index contributed by atoms with van der Waals surface area (Å²) in [4.78, 5) is 7.99. The van der Waals surface area contributed by atoms with Gasteiger partial charge in [0.15, 0.2) is 6.10 Å². The van der Waals surface area contributed by atoms with E-state index in [1.165, 1.54) is 0 Å². The van der Waals surface area contributed by atoms with Gasteiger partial charge in [-0.05, 0) is 19.3 Å². The summed E-state index contributed by atoms with van der Waals surface area (Å²) in [6.45, 7) is 1.74. The number of halogens is 4. The zero-order chi connectivity index (χ0) is 16.3. The lowest BCUT2D eigenvalue weighted by molar-refractivity contribution is -0.207. The highest BCUT2D eigenvalue weighted by Gasteiger charge is 2.42. The van der Waals surface area contributed by atoms with E-state index in [0.717, 1.165) is 32.1 Å². The monoisotopic (exact) mass is 337 g/mol. The van der Waals surface area contributed by atoms with Crippen molar-refractivity contribution in [1.29, 1.82) is 0 Å². The van der Waals surface area contributed by atoms with Crippen LogP contribution in [0.15, 0.2) is 0 Å². The molecule has 1 unspecified atom stereocenters. The fourth-order valence-corrected chi connectivity index (χ4v) is 2.90. The van der Waals surface area contributed by atoms with Crippen molar-refractivity contribution in [2.45, 2.75) is 63.8 Å². The third-order valence-corrected chi connectivity index (χ3v) is 4.20. The van der Waals surface area contributed by atoms with E-state index < -0.39 is 18.0 Å². The molecule has 1 aromatic rings. The summed E-state index contributed by atoms with van der Waals surface area (Å²) in [5.74, 6) is 0.103. The van der Waals surface area contributed by atoms with Crippen LogP contribution in [-0.4, -0.2) is 27.3 Å². The number of hydrogen-bond acceptors (Lipinski definition) is 4. The minimum absolute atomic E-state index is 0.103. The Balaban J connectivity index is 2.30. The molecule has 0 amide bonds. The topological polar surface area (TPSA) is 58.0 Å². The van der Waals surface area contributed by atoms with Gasteiger partial charge in [-0.2, -0.15) is 13.2 Å². The van der Waals surface area contributed by atoms with Gasteiger partial charge >= 0.3 is 6.18 Å². The Hall–Kier alpha value is -1.08. The number of aliphatic hydroxyl groups excluding tert-OH is 1. The number of aryl methyl sites for hydroxylation is 1. The van der Waals surface area contributed by atoms with Crippen LogP contribution in [0.2, 0.25) is 5.02 Å². The molecule has 0 spiro atoms. The van der Waals surface area contributed by atoms with E-state index in [4.69, 9.17) is 11.6 Å². The molecular formula is C14H19ClF3N3O. The Kier molecular flexibility index (Phi) is 5.50. The number of alkyl halides is 3. The van der Waals surface area contributed by atoms with E-state index in [9.17, 15) is 18.3 Å². The number of aromatic nitrogens is 2. The lowest BCUT2D eigenvalue weighted by atomic mass is 9.96. The standard InChI is InChI=1S/C14H19ClF3N3O/c1-2-9-10(15)11(12(22)14(16,17)18)21-13(20-9)19-8-6-4-3-5-7-8/h8,12,22H,2-7H2,1H3,(H,19,20,21). The second-order valence-electron chi connectivity index (χ2n) is 5.47. The largest absolute Gasteiger partial charge is 0.420 e. The first kappa shape index (κ1) is 17.3. The fourth-order valence-electron chi connectivity index (χ4n) is 2.58. The van der Waals surface area contributed by atoms with Crippen molar-refractivity contribution in [3.05, 3.63) is 16.4 Å². The van der Waals surface area contributed by atoms with Gasteiger partial charge in [-0.3, -0.25) is 0 Å². The first-order valence-corrected chi connectivity index (χ1v) is 7.78. The van der Waals surface area contributed by atoms with Gasteiger partial charge in [-0.1, -0.05) is 37.8 Å². The van der Waals surface area contributed by atoms with Crippen molar-refractivity contribution in [3.8, 4) is 0 Å². The summed E-state index contributed by atoms with van der Waals surface area (Å²) in [5.41, 5.74) is -0.285. The van der Waals surface area contributed by atoms with Crippen LogP contribution in [0.3, 0.4) is 0 Å². The summed E-state index contributed by atoms with van der Waals surface area (Å²) in [6, 6.07) is 0.149. The summed E-state index contributed by atoms with van der Waals surface area (Å²) in [6.07, 6.45) is -1.98. The molecule has 1 aliphatic carbocycles. The van der Waals surface area contributed by atoms with Crippen molar-refractivity contribution in [3.63, 3.8) is 0 Å². The van der Waals surface area contributed by atoms with Crippen molar-refractivity contribution in [2.24, 2.45) is 0 Å². The molecule has 1 aromatic heterocycles. The van der Waals surface area contributed by atoms with E-state index in [0.29, 0.717) is 12.1 Å². The van der Waals surface area contributed by atoms with Crippen LogP contribution < -0.4 is 5.32 Å². The zero-order valence-corrected chi connectivity index (χ0v) is 13.0. The number of nitrogens with one attached hydrogen (secondary N) is 1. The molecule has 8 heteroatoms. The summed E-state index contributed by atoms with van der Waals surface area (Å²) >= 11 is 5.91. The number of rotatable bonds is 4. The molecule has 1 fully saturated rings. The van der Waals surface area contributed by atoms with Crippen LogP contribution in [0.25, 0.3) is 0 Å². The molecule has 0 saturated heterocycles. The SMILES string of the molecule is CCc1nc(NC2CCCCC2)nc(C(O)C(F)(F)F)c1Cl. The molecule has 0 bridgehead atoms. The Morgan fingerprint density at radius 3 is 2.45 bits per heavy atom. The van der Waals surface area contributed by atoms with Crippen molar-refractivity contribution < 1.29 is 18.3 Å². The molecule has 1 aliphatic rings. The molecule has 0 aromatic carbocycles. The number of hydrogen-bond donors (Lipinski definition) is 2. The molecule has 124 valence electrons. The fraction of sp³-hybridized carbons (Fsp3) is 0.714. The van der Waals surface area contributed by atoms with E-state index in [1.807, 2.05) is 0 Å². The van der Waals surface area contributed by atoms with Gasteiger partial charge in [0, 0.05) is 6.04 Å². The smallest absolute Gasteiger partial charge is 0.378 e. The Bertz CT molecular complexity index is 519. The Morgan fingerprint density at radius 2 is 1.91 bits per heavy atom. The average molecular weight is 338 g/mol. The maximum Gasteiger partial charge on any atom is 0.420 e. The highest BCUT2D eigenvalue weighted by atomic mass is 35.5. The molecule has 1 atom stereocenters. The quantitative estimate of drug-likeness (QED) is 0.870. The third-order valence-electron chi connectivity index (χ3n) is 3.79. The average Bonchev–Trinajstić information content (AvgIpc) is 2.48. The van der Waals surface area contributed by atoms with E-state index >= 15 is 0 Å². The Morgan fingerprint density at radius 1 is 1.27 bits per heavy atom. The first-order chi connectivity index (χ1) is 10.3. The maximum atomic E-state index is 12.8. The predicted octanol–water partition coefficient (Wildman–Crippen LogP) is 4.03. The molecule has 2 N–H and O–H groups in total. The lowest BCUT2D eigenvalue weighted by Gasteiger charge is -2.24. The van der Waals surface area contributed by atoms with E-state index in [-0.39, 0.29) is 17.0 Å². The Labute approximate surface area is 132 Å². The van der Waals surface area contributed by atoms with Gasteiger partial charge in [0.1, 0.15) is 5.69 Å². The van der Waals surface area contributed by atoms with E-state index in [2.05, 4.69) is 15.3 Å². The molecule has 22 heavy (non-hydrogen) atoms. The van der Waals surface area contributed by atoms with Crippen LogP contribution in [0.5, 0.6) is 0 Å². The molecule has 1 saturated carbocycles. The minimum atomic E-state index is -4.81. The molecule has 1 heterocycles. The number of nitrogens with zero attached hydrogens (tertiary/aromatic N) is 2. The van der Waals surface area contributed by atoms with Crippen LogP contribution in [0, 0.1) is 0 Å². The molecule has 2 rings (SSSR count). The van der Waals surface area contributed by atoms with Crippen LogP contribution in [0.1, 0.15) is 56.5 Å². The van der Waals surface area contributed by atoms with Gasteiger partial charge in [-0.15, -0.1) is 0 Å². The van der Waals surface area contributed by atoms with Gasteiger partial charge in [0.05, 0.1) is 10.7 Å². The molecule has 4 nitrogen and oxygen atoms in total. The van der Waals surface area contributed by atoms with Crippen molar-refractivity contribution in [1.82, 2.24) is 9.97 Å². The first-order valence-electron chi connectivity index (χ1n) is 7.40. The predicted molar refractivity (Wildman–Crippen MR) is 77.9 cm³/mol. The molecule has 0 aliphatic heterocycles. The van der Waals surface area contributed by atoms with Gasteiger partial charge in [-0.25, -0.2) is 9.97 Å². The van der Waals surface area contributed by atoms with Crippen LogP contribution >= 0.6 is 11.6 Å². The van der Waals surface area contributed by atoms with Gasteiger partial charge < -0.3 is 10.4 Å². The summed E-state index contributed by atoms with van der Waals surface area (Å²) in [5, 5.41) is 12.3. The van der Waals surface area contributed by atoms with Crippen molar-refractivity contribution in [2.75, 3.05) is 5.32 Å². The second kappa shape index (κ2) is 7.00. The van der Waals surface area contributed by atoms with Crippen LogP contribution in [-0.2, 0) is 6.42 Å². The molecular weight excluding hydrogens is 319 g/mol. The summed E-state index contributed by atoms with van der Waals surface area (Å²) in [7, 11) is 0. The van der Waals surface area contributed by atoms with E-state index in [1.54, 1.807) is 6.92 Å². The highest BCUT2D eigenvalue weighted by Crippen LogP contribution is 2.36.